The van der Waals surface area contributed by atoms with Crippen LogP contribution in [0.1, 0.15) is 0 Å². The molecule has 1 saturated carbocycles. The van der Waals surface area contributed by atoms with Gasteiger partial charge in [0.25, 0.3) is 6.02 Å². The number of rotatable bonds is 3. The van der Waals surface area contributed by atoms with E-state index in [0.717, 1.165) is 0 Å². The molecule has 0 bridgehead atoms. The summed E-state index contributed by atoms with van der Waals surface area (Å²) in [7, 11) is 0. The number of fused-ring (bicyclic) bond motifs is 1. The Bertz CT molecular complexity index is 585. The summed E-state index contributed by atoms with van der Waals surface area (Å²) in [5.74, 6) is 0. The van der Waals surface area contributed by atoms with Crippen molar-refractivity contribution < 1.29 is 45.6 Å². The van der Waals surface area contributed by atoms with Gasteiger partial charge in [0.15, 0.2) is 6.10 Å². The quantitative estimate of drug-likeness (QED) is 0.218. The van der Waals surface area contributed by atoms with Crippen molar-refractivity contribution in [2.45, 2.75) is 54.3 Å². The Kier molecular flexibility index (Phi) is 4.77. The van der Waals surface area contributed by atoms with E-state index in [-0.39, 0.29) is 11.6 Å². The van der Waals surface area contributed by atoms with Crippen LogP contribution in [0.5, 0.6) is 0 Å². The molecule has 11 heteroatoms. The first-order chi connectivity index (χ1) is 11.7. The van der Waals surface area contributed by atoms with Gasteiger partial charge in [0.1, 0.15) is 42.2 Å². The summed E-state index contributed by atoms with van der Waals surface area (Å²) in [5.41, 5.74) is -1.99. The highest BCUT2D eigenvalue weighted by atomic mass is 16.5. The van der Waals surface area contributed by atoms with Crippen LogP contribution in [-0.2, 0) is 4.74 Å². The molecular weight excluding hydrogens is 340 g/mol. The molecule has 0 radical (unpaired) electrons. The van der Waals surface area contributed by atoms with Crippen LogP contribution in [0.2, 0.25) is 0 Å². The maximum Gasteiger partial charge on any atom is 0.286 e. The lowest BCUT2D eigenvalue weighted by Crippen LogP contribution is -2.55. The summed E-state index contributed by atoms with van der Waals surface area (Å²) in [4.78, 5) is 4.00. The van der Waals surface area contributed by atoms with E-state index >= 15 is 0 Å². The summed E-state index contributed by atoms with van der Waals surface area (Å²) >= 11 is 0. The van der Waals surface area contributed by atoms with Crippen LogP contribution in [0.4, 0.5) is 0 Å². The van der Waals surface area contributed by atoms with Gasteiger partial charge in [0.2, 0.25) is 0 Å². The molecular formula is C14H22N2O9. The van der Waals surface area contributed by atoms with E-state index in [0.29, 0.717) is 0 Å². The Labute approximate surface area is 142 Å². The van der Waals surface area contributed by atoms with Gasteiger partial charge >= 0.3 is 0 Å². The zero-order chi connectivity index (χ0) is 18.5. The summed E-state index contributed by atoms with van der Waals surface area (Å²) in [6.07, 6.45) is -7.33. The molecule has 0 spiro atoms. The van der Waals surface area contributed by atoms with Crippen LogP contribution < -0.4 is 5.32 Å². The van der Waals surface area contributed by atoms with Crippen molar-refractivity contribution in [2.75, 3.05) is 13.2 Å². The zero-order valence-electron chi connectivity index (χ0n) is 13.0. The van der Waals surface area contributed by atoms with E-state index in [4.69, 9.17) is 4.74 Å². The molecule has 3 aliphatic rings. The molecule has 0 aromatic rings. The summed E-state index contributed by atoms with van der Waals surface area (Å²) in [6.45, 7) is -1.38. The monoisotopic (exact) mass is 362 g/mol. The minimum absolute atomic E-state index is 0.0939. The second kappa shape index (κ2) is 6.45. The Morgan fingerprint density at radius 3 is 2.36 bits per heavy atom. The summed E-state index contributed by atoms with van der Waals surface area (Å²) < 4.78 is 5.36. The van der Waals surface area contributed by atoms with Crippen molar-refractivity contribution in [1.82, 2.24) is 5.32 Å². The molecule has 0 aromatic carbocycles. The van der Waals surface area contributed by atoms with E-state index in [1.165, 1.54) is 6.08 Å². The zero-order valence-corrected chi connectivity index (χ0v) is 13.0. The number of hydrogen-bond donors (Lipinski definition) is 9. The van der Waals surface area contributed by atoms with Gasteiger partial charge in [0.05, 0.1) is 19.3 Å². The van der Waals surface area contributed by atoms with Gasteiger partial charge in [-0.2, -0.15) is 0 Å². The van der Waals surface area contributed by atoms with Crippen molar-refractivity contribution in [3.63, 3.8) is 0 Å². The highest BCUT2D eigenvalue weighted by molar-refractivity contribution is 5.77. The molecule has 0 saturated heterocycles. The number of hydrogen-bond acceptors (Lipinski definition) is 11. The predicted molar refractivity (Wildman–Crippen MR) is 80.3 cm³/mol. The lowest BCUT2D eigenvalue weighted by molar-refractivity contribution is -0.117. The van der Waals surface area contributed by atoms with Gasteiger partial charge < -0.3 is 50.9 Å². The number of aliphatic imine (C=N–C) groups is 1. The maximum atomic E-state index is 10.3. The molecule has 1 heterocycles. The first-order valence-corrected chi connectivity index (χ1v) is 7.80. The van der Waals surface area contributed by atoms with E-state index in [2.05, 4.69) is 10.3 Å². The number of ether oxygens (including phenoxy) is 1. The van der Waals surface area contributed by atoms with Crippen LogP contribution in [0.15, 0.2) is 16.6 Å². The standard InChI is InChI=1S/C14H22N2O9/c17-2-4-1-5(7(20)8(21)6(4)19)15-13-16-11-10(25-13)9(22)12(23)14(11,24)3-18/h1,5-12,17-24H,2-3H2,(H,15,16)/t5-,6+,7-,8-,9?,10+,11+,12-,14?/m0/s1. The lowest BCUT2D eigenvalue weighted by atomic mass is 9.88. The predicted octanol–water partition coefficient (Wildman–Crippen LogP) is -5.46. The van der Waals surface area contributed by atoms with E-state index < -0.39 is 67.5 Å². The average Bonchev–Trinajstić information content (AvgIpc) is 3.10. The van der Waals surface area contributed by atoms with Crippen molar-refractivity contribution in [1.29, 1.82) is 0 Å². The Morgan fingerprint density at radius 1 is 1.08 bits per heavy atom. The smallest absolute Gasteiger partial charge is 0.286 e. The third-order valence-electron chi connectivity index (χ3n) is 5.04. The number of aliphatic hydroxyl groups is 8. The van der Waals surface area contributed by atoms with Gasteiger partial charge in [-0.15, -0.1) is 0 Å². The number of aliphatic hydroxyl groups excluding tert-OH is 7. The third kappa shape index (κ3) is 2.73. The molecule has 3 rings (SSSR count). The first-order valence-electron chi connectivity index (χ1n) is 7.80. The lowest BCUT2D eigenvalue weighted by Gasteiger charge is -2.34. The van der Waals surface area contributed by atoms with Crippen molar-refractivity contribution >= 4 is 6.02 Å². The molecule has 11 nitrogen and oxygen atoms in total. The minimum Gasteiger partial charge on any atom is -0.457 e. The molecule has 2 unspecified atom stereocenters. The van der Waals surface area contributed by atoms with Gasteiger partial charge in [-0.25, -0.2) is 4.99 Å². The highest BCUT2D eigenvalue weighted by Crippen LogP contribution is 2.38. The third-order valence-corrected chi connectivity index (χ3v) is 5.04. The van der Waals surface area contributed by atoms with Gasteiger partial charge in [-0.3, -0.25) is 0 Å². The number of nitrogens with one attached hydrogen (secondary N) is 1. The second-order valence-electron chi connectivity index (χ2n) is 6.54. The molecule has 142 valence electrons. The van der Waals surface area contributed by atoms with Gasteiger partial charge in [-0.1, -0.05) is 6.08 Å². The SMILES string of the molecule is OCC1=C[C@H](NC2=N[C@@H]3[C@H](O2)C(O)[C@H](O)C3(O)CO)[C@H](O)[C@@H](O)[C@@H]1O. The highest BCUT2D eigenvalue weighted by Gasteiger charge is 2.63. The van der Waals surface area contributed by atoms with Crippen molar-refractivity contribution in [2.24, 2.45) is 4.99 Å². The molecule has 0 amide bonds. The number of nitrogens with zero attached hydrogens (tertiary/aromatic N) is 1. The van der Waals surface area contributed by atoms with E-state index in [1.54, 1.807) is 0 Å². The van der Waals surface area contributed by atoms with Crippen LogP contribution in [0.25, 0.3) is 0 Å². The molecule has 25 heavy (non-hydrogen) atoms. The minimum atomic E-state index is -2.08. The van der Waals surface area contributed by atoms with Crippen LogP contribution in [-0.4, -0.2) is 114 Å². The Balaban J connectivity index is 1.80. The van der Waals surface area contributed by atoms with E-state index in [9.17, 15) is 40.9 Å². The summed E-state index contributed by atoms with van der Waals surface area (Å²) in [5, 5.41) is 80.9. The fourth-order valence-corrected chi connectivity index (χ4v) is 3.45. The average molecular weight is 362 g/mol. The van der Waals surface area contributed by atoms with Crippen molar-refractivity contribution in [3.05, 3.63) is 11.6 Å². The normalized spacial score (nSPS) is 49.3. The van der Waals surface area contributed by atoms with Crippen LogP contribution >= 0.6 is 0 Å². The number of amidine groups is 1. The molecule has 9 N–H and O–H groups in total. The fraction of sp³-hybridized carbons (Fsp3) is 0.786. The van der Waals surface area contributed by atoms with E-state index in [1.807, 2.05) is 0 Å². The van der Waals surface area contributed by atoms with Crippen LogP contribution in [0.3, 0.4) is 0 Å². The summed E-state index contributed by atoms with van der Waals surface area (Å²) in [6, 6.07) is -2.29. The van der Waals surface area contributed by atoms with Gasteiger partial charge in [-0.05, 0) is 5.57 Å². The molecule has 1 aliphatic heterocycles. The largest absolute Gasteiger partial charge is 0.457 e. The van der Waals surface area contributed by atoms with Crippen LogP contribution in [0, 0.1) is 0 Å². The molecule has 9 atom stereocenters. The first kappa shape index (κ1) is 18.5. The maximum absolute atomic E-state index is 10.3. The second-order valence-corrected chi connectivity index (χ2v) is 6.54. The topological polar surface area (TPSA) is 195 Å². The Hall–Kier alpha value is -1.31. The Morgan fingerprint density at radius 2 is 1.76 bits per heavy atom. The molecule has 0 aromatic heterocycles. The molecule has 1 fully saturated rings. The van der Waals surface area contributed by atoms with Gasteiger partial charge in [0, 0.05) is 0 Å². The van der Waals surface area contributed by atoms with Crippen molar-refractivity contribution in [3.8, 4) is 0 Å². The fourth-order valence-electron chi connectivity index (χ4n) is 3.45. The molecule has 2 aliphatic carbocycles.